The van der Waals surface area contributed by atoms with E-state index in [9.17, 15) is 0 Å². The first-order chi connectivity index (χ1) is 8.65. The summed E-state index contributed by atoms with van der Waals surface area (Å²) in [5, 5.41) is 3.87. The van der Waals surface area contributed by atoms with Crippen molar-refractivity contribution in [2.24, 2.45) is 0 Å². The van der Waals surface area contributed by atoms with Crippen LogP contribution in [0.1, 0.15) is 5.56 Å². The van der Waals surface area contributed by atoms with E-state index in [1.54, 1.807) is 23.5 Å². The molecule has 0 aliphatic carbocycles. The van der Waals surface area contributed by atoms with Crippen molar-refractivity contribution in [3.05, 3.63) is 45.4 Å². The minimum Gasteiger partial charge on any atom is -0.227 e. The van der Waals surface area contributed by atoms with Crippen molar-refractivity contribution in [1.82, 2.24) is 9.97 Å². The fourth-order valence-electron chi connectivity index (χ4n) is 1.77. The van der Waals surface area contributed by atoms with Gasteiger partial charge in [0, 0.05) is 10.4 Å². The van der Waals surface area contributed by atoms with Crippen molar-refractivity contribution in [1.29, 1.82) is 0 Å². The van der Waals surface area contributed by atoms with E-state index >= 15 is 0 Å². The predicted octanol–water partition coefficient (Wildman–Crippen LogP) is 4.97. The monoisotopic (exact) mass is 294 g/mol. The Morgan fingerprint density at radius 2 is 1.94 bits per heavy atom. The van der Waals surface area contributed by atoms with E-state index in [1.165, 1.54) is 0 Å². The Morgan fingerprint density at radius 1 is 1.11 bits per heavy atom. The average Bonchev–Trinajstić information content (AvgIpc) is 2.76. The second-order valence-electron chi connectivity index (χ2n) is 3.93. The van der Waals surface area contributed by atoms with Crippen LogP contribution in [-0.2, 0) is 0 Å². The molecule has 0 saturated carbocycles. The van der Waals surface area contributed by atoms with E-state index in [2.05, 4.69) is 9.97 Å². The largest absolute Gasteiger partial charge is 0.227 e. The van der Waals surface area contributed by atoms with Gasteiger partial charge >= 0.3 is 0 Å². The molecular weight excluding hydrogens is 287 g/mol. The van der Waals surface area contributed by atoms with Crippen molar-refractivity contribution in [2.75, 3.05) is 0 Å². The molecule has 3 rings (SSSR count). The van der Waals surface area contributed by atoms with Gasteiger partial charge in [-0.15, -0.1) is 11.3 Å². The molecule has 2 nitrogen and oxygen atoms in total. The molecule has 3 aromatic rings. The Labute approximate surface area is 118 Å². The predicted molar refractivity (Wildman–Crippen MR) is 77.6 cm³/mol. The first-order valence-electron chi connectivity index (χ1n) is 5.32. The summed E-state index contributed by atoms with van der Waals surface area (Å²) in [4.78, 5) is 9.94. The number of aryl methyl sites for hydroxylation is 1. The van der Waals surface area contributed by atoms with Gasteiger partial charge in [-0.2, -0.15) is 0 Å². The lowest BCUT2D eigenvalue weighted by Gasteiger charge is -2.04. The topological polar surface area (TPSA) is 25.8 Å². The molecule has 0 amide bonds. The van der Waals surface area contributed by atoms with Gasteiger partial charge in [0.1, 0.15) is 5.15 Å². The molecule has 2 aromatic heterocycles. The van der Waals surface area contributed by atoms with Gasteiger partial charge in [0.15, 0.2) is 5.82 Å². The average molecular weight is 295 g/mol. The molecule has 0 saturated heterocycles. The summed E-state index contributed by atoms with van der Waals surface area (Å²) in [6.45, 7) is 2.04. The van der Waals surface area contributed by atoms with Crippen molar-refractivity contribution in [2.45, 2.75) is 6.92 Å². The van der Waals surface area contributed by atoms with Gasteiger partial charge in [0.2, 0.25) is 0 Å². The van der Waals surface area contributed by atoms with E-state index in [-0.39, 0.29) is 0 Å². The van der Waals surface area contributed by atoms with Crippen molar-refractivity contribution in [3.8, 4) is 10.7 Å². The Kier molecular flexibility index (Phi) is 2.98. The smallest absolute Gasteiger partial charge is 0.171 e. The van der Waals surface area contributed by atoms with Crippen LogP contribution >= 0.6 is 34.5 Å². The van der Waals surface area contributed by atoms with Gasteiger partial charge in [-0.05, 0) is 42.1 Å². The lowest BCUT2D eigenvalue weighted by Crippen LogP contribution is -1.91. The molecule has 0 radical (unpaired) electrons. The molecular formula is C13H8Cl2N2S. The number of fused-ring (bicyclic) bond motifs is 1. The Hall–Kier alpha value is -1.16. The highest BCUT2D eigenvalue weighted by atomic mass is 35.5. The lowest BCUT2D eigenvalue weighted by molar-refractivity contribution is 1.23. The number of nitrogens with zero attached hydrogens (tertiary/aromatic N) is 2. The van der Waals surface area contributed by atoms with E-state index in [0.29, 0.717) is 16.0 Å². The Morgan fingerprint density at radius 3 is 2.67 bits per heavy atom. The van der Waals surface area contributed by atoms with Crippen LogP contribution in [0.2, 0.25) is 10.2 Å². The van der Waals surface area contributed by atoms with Gasteiger partial charge in [-0.25, -0.2) is 9.97 Å². The summed E-state index contributed by atoms with van der Waals surface area (Å²) in [6, 6.07) is 7.49. The highest BCUT2D eigenvalue weighted by Crippen LogP contribution is 2.30. The third-order valence-corrected chi connectivity index (χ3v) is 4.21. The molecule has 0 atom stereocenters. The number of aromatic nitrogens is 2. The number of rotatable bonds is 1. The third kappa shape index (κ3) is 1.99. The van der Waals surface area contributed by atoms with Crippen LogP contribution in [0.25, 0.3) is 21.6 Å². The summed E-state index contributed by atoms with van der Waals surface area (Å²) in [5.41, 5.74) is 1.96. The molecule has 18 heavy (non-hydrogen) atoms. The standard InChI is InChI=1S/C13H8Cl2N2S/c1-7-4-5-18-11(7)13-16-10-3-2-8(14)6-9(10)12(15)17-13/h2-6H,1H3. The summed E-state index contributed by atoms with van der Waals surface area (Å²) in [6.07, 6.45) is 0. The second kappa shape index (κ2) is 4.50. The van der Waals surface area contributed by atoms with Gasteiger partial charge in [0.05, 0.1) is 10.4 Å². The number of thiophene rings is 1. The fourth-order valence-corrected chi connectivity index (χ4v) is 3.03. The van der Waals surface area contributed by atoms with Gasteiger partial charge in [-0.3, -0.25) is 0 Å². The van der Waals surface area contributed by atoms with Crippen LogP contribution in [0.15, 0.2) is 29.6 Å². The molecule has 0 bridgehead atoms. The summed E-state index contributed by atoms with van der Waals surface area (Å²) in [7, 11) is 0. The van der Waals surface area contributed by atoms with Crippen LogP contribution in [0, 0.1) is 6.92 Å². The fraction of sp³-hybridized carbons (Fsp3) is 0.0769. The summed E-state index contributed by atoms with van der Waals surface area (Å²) in [5.74, 6) is 0.669. The lowest BCUT2D eigenvalue weighted by atomic mass is 10.2. The molecule has 90 valence electrons. The van der Waals surface area contributed by atoms with Crippen LogP contribution in [0.3, 0.4) is 0 Å². The summed E-state index contributed by atoms with van der Waals surface area (Å²) >= 11 is 13.8. The van der Waals surface area contributed by atoms with Gasteiger partial charge in [0.25, 0.3) is 0 Å². The van der Waals surface area contributed by atoms with Crippen LogP contribution < -0.4 is 0 Å². The van der Waals surface area contributed by atoms with E-state index in [0.717, 1.165) is 21.3 Å². The molecule has 1 aromatic carbocycles. The maximum atomic E-state index is 6.20. The van der Waals surface area contributed by atoms with E-state index < -0.39 is 0 Å². The Balaban J connectivity index is 2.28. The third-order valence-electron chi connectivity index (χ3n) is 2.68. The number of halogens is 2. The maximum absolute atomic E-state index is 6.20. The molecule has 2 heterocycles. The molecule has 0 aliphatic rings. The maximum Gasteiger partial charge on any atom is 0.171 e. The van der Waals surface area contributed by atoms with Crippen molar-refractivity contribution < 1.29 is 0 Å². The van der Waals surface area contributed by atoms with Gasteiger partial charge in [-0.1, -0.05) is 23.2 Å². The van der Waals surface area contributed by atoms with Gasteiger partial charge < -0.3 is 0 Å². The first-order valence-corrected chi connectivity index (χ1v) is 6.96. The normalized spacial score (nSPS) is 11.1. The Bertz CT molecular complexity index is 737. The van der Waals surface area contributed by atoms with Crippen molar-refractivity contribution in [3.63, 3.8) is 0 Å². The highest BCUT2D eigenvalue weighted by molar-refractivity contribution is 7.13. The van der Waals surface area contributed by atoms with E-state index in [1.807, 2.05) is 24.4 Å². The summed E-state index contributed by atoms with van der Waals surface area (Å²) < 4.78 is 0. The molecule has 5 heteroatoms. The minimum atomic E-state index is 0.435. The first kappa shape index (κ1) is 11.9. The molecule has 0 N–H and O–H groups in total. The van der Waals surface area contributed by atoms with Crippen LogP contribution in [0.4, 0.5) is 0 Å². The second-order valence-corrected chi connectivity index (χ2v) is 5.64. The van der Waals surface area contributed by atoms with Crippen LogP contribution in [0.5, 0.6) is 0 Å². The SMILES string of the molecule is Cc1ccsc1-c1nc(Cl)c2cc(Cl)ccc2n1. The molecule has 0 fully saturated rings. The number of hydrogen-bond acceptors (Lipinski definition) is 3. The quantitative estimate of drug-likeness (QED) is 0.592. The molecule has 0 aliphatic heterocycles. The molecule has 0 unspecified atom stereocenters. The highest BCUT2D eigenvalue weighted by Gasteiger charge is 2.11. The molecule has 0 spiro atoms. The zero-order valence-corrected chi connectivity index (χ0v) is 11.8. The van der Waals surface area contributed by atoms with Crippen LogP contribution in [-0.4, -0.2) is 9.97 Å². The van der Waals surface area contributed by atoms with Crippen molar-refractivity contribution >= 4 is 45.4 Å². The zero-order valence-electron chi connectivity index (χ0n) is 9.45. The minimum absolute atomic E-state index is 0.435. The number of hydrogen-bond donors (Lipinski definition) is 0. The van der Waals surface area contributed by atoms with E-state index in [4.69, 9.17) is 23.2 Å². The zero-order chi connectivity index (χ0) is 12.7. The number of benzene rings is 1.